The lowest BCUT2D eigenvalue weighted by atomic mass is 9.81. The van der Waals surface area contributed by atoms with Gasteiger partial charge in [0.05, 0.1) is 53.2 Å². The van der Waals surface area contributed by atoms with E-state index < -0.39 is 5.97 Å². The van der Waals surface area contributed by atoms with Crippen molar-refractivity contribution in [2.45, 2.75) is 85.0 Å². The molecule has 1 aliphatic carbocycles. The summed E-state index contributed by atoms with van der Waals surface area (Å²) >= 11 is 0. The number of esters is 3. The van der Waals surface area contributed by atoms with Gasteiger partial charge < -0.3 is 33.2 Å². The van der Waals surface area contributed by atoms with Gasteiger partial charge in [-0.25, -0.2) is 9.59 Å². The summed E-state index contributed by atoms with van der Waals surface area (Å²) in [6.07, 6.45) is 16.2. The van der Waals surface area contributed by atoms with Gasteiger partial charge in [0, 0.05) is 18.6 Å². The summed E-state index contributed by atoms with van der Waals surface area (Å²) in [5.74, 6) is 2.50. The molecule has 52 heavy (non-hydrogen) atoms. The Morgan fingerprint density at radius 1 is 0.635 bits per heavy atom. The highest BCUT2D eigenvalue weighted by Gasteiger charge is 2.21. The van der Waals surface area contributed by atoms with E-state index in [1.165, 1.54) is 31.4 Å². The van der Waals surface area contributed by atoms with Crippen LogP contribution in [0, 0.1) is 17.8 Å². The average Bonchev–Trinajstić information content (AvgIpc) is 3.16. The highest BCUT2D eigenvalue weighted by atomic mass is 16.5. The summed E-state index contributed by atoms with van der Waals surface area (Å²) in [4.78, 5) is 36.1. The van der Waals surface area contributed by atoms with Crippen LogP contribution in [0.25, 0.3) is 12.2 Å². The molecule has 1 aliphatic rings. The maximum atomic E-state index is 12.3. The molecule has 0 spiro atoms. The molecule has 2 aromatic carbocycles. The van der Waals surface area contributed by atoms with E-state index in [-0.39, 0.29) is 24.5 Å². The number of hydrogen-bond donors (Lipinski definition) is 0. The highest BCUT2D eigenvalue weighted by molar-refractivity contribution is 5.87. The maximum absolute atomic E-state index is 12.3. The van der Waals surface area contributed by atoms with Gasteiger partial charge in [-0.05, 0) is 97.9 Å². The minimum atomic E-state index is -0.464. The number of unbranched alkanes of at least 4 members (excludes halogenated alkanes) is 3. The first-order valence-electron chi connectivity index (χ1n) is 18.7. The summed E-state index contributed by atoms with van der Waals surface area (Å²) in [6.45, 7) is 7.88. The fourth-order valence-corrected chi connectivity index (χ4v) is 5.74. The predicted molar refractivity (Wildman–Crippen MR) is 202 cm³/mol. The molecule has 3 rings (SSSR count). The monoisotopic (exact) mass is 722 g/mol. The second kappa shape index (κ2) is 23.9. The summed E-state index contributed by atoms with van der Waals surface area (Å²) in [7, 11) is 3.13. The Morgan fingerprint density at radius 3 is 1.67 bits per heavy atom. The third-order valence-electron chi connectivity index (χ3n) is 9.01. The molecule has 0 bridgehead atoms. The van der Waals surface area contributed by atoms with Gasteiger partial charge in [0.1, 0.15) is 0 Å². The molecule has 10 heteroatoms. The van der Waals surface area contributed by atoms with Crippen LogP contribution in [0.5, 0.6) is 23.0 Å². The predicted octanol–water partition coefficient (Wildman–Crippen LogP) is 8.64. The van der Waals surface area contributed by atoms with Gasteiger partial charge >= 0.3 is 17.9 Å². The van der Waals surface area contributed by atoms with Crippen molar-refractivity contribution in [3.63, 3.8) is 0 Å². The van der Waals surface area contributed by atoms with Crippen molar-refractivity contribution in [2.24, 2.45) is 17.8 Å². The zero-order valence-electron chi connectivity index (χ0n) is 31.7. The third kappa shape index (κ3) is 15.8. The highest BCUT2D eigenvalue weighted by Crippen LogP contribution is 2.32. The van der Waals surface area contributed by atoms with Crippen LogP contribution in [0.4, 0.5) is 0 Å². The van der Waals surface area contributed by atoms with Crippen LogP contribution in [-0.4, -0.2) is 65.2 Å². The van der Waals surface area contributed by atoms with E-state index in [2.05, 4.69) is 6.92 Å². The minimum absolute atomic E-state index is 0.0990. The van der Waals surface area contributed by atoms with Gasteiger partial charge in [0.2, 0.25) is 0 Å². The molecule has 0 amide bonds. The van der Waals surface area contributed by atoms with Crippen LogP contribution in [0.15, 0.2) is 48.6 Å². The molecular weight excluding hydrogens is 664 g/mol. The zero-order valence-corrected chi connectivity index (χ0v) is 31.7. The Hall–Kier alpha value is -4.47. The Bertz CT molecular complexity index is 1440. The first kappa shape index (κ1) is 41.9. The summed E-state index contributed by atoms with van der Waals surface area (Å²) in [5, 5.41) is 0. The van der Waals surface area contributed by atoms with Gasteiger partial charge in [0.25, 0.3) is 0 Å². The second-order valence-corrected chi connectivity index (χ2v) is 13.4. The van der Waals surface area contributed by atoms with Crippen LogP contribution in [0.3, 0.4) is 0 Å². The number of carbonyl (C=O) groups excluding carboxylic acids is 3. The van der Waals surface area contributed by atoms with Crippen LogP contribution >= 0.6 is 0 Å². The molecule has 286 valence electrons. The summed E-state index contributed by atoms with van der Waals surface area (Å²) in [6, 6.07) is 10.9. The van der Waals surface area contributed by atoms with Gasteiger partial charge in [0.15, 0.2) is 23.0 Å². The molecular formula is C42H58O10. The Morgan fingerprint density at radius 2 is 1.13 bits per heavy atom. The van der Waals surface area contributed by atoms with E-state index in [9.17, 15) is 14.4 Å². The molecule has 2 aromatic rings. The van der Waals surface area contributed by atoms with E-state index in [0.717, 1.165) is 55.6 Å². The standard InChI is InChI=1S/C42H58O10/c1-6-32-12-14-35(15-13-32)30-52-41(44)23-19-34-17-21-37(39(29-34)47-5)49-26-11-27-50-40(43)22-18-33-16-20-36(38(28-33)46-4)48-24-9-7-8-10-25-51-42(45)31(2)3/h16-23,28-29,31-32,35H,6-15,24-27,30H2,1-5H3/b22-18+,23-19+. The van der Waals surface area contributed by atoms with E-state index >= 15 is 0 Å². The Labute approximate surface area is 309 Å². The topological polar surface area (TPSA) is 116 Å². The molecule has 0 aliphatic heterocycles. The fourth-order valence-electron chi connectivity index (χ4n) is 5.74. The molecule has 10 nitrogen and oxygen atoms in total. The van der Waals surface area contributed by atoms with Gasteiger partial charge in [-0.3, -0.25) is 4.79 Å². The zero-order chi connectivity index (χ0) is 37.6. The first-order valence-corrected chi connectivity index (χ1v) is 18.7. The SMILES string of the molecule is CCC1CCC(COC(=O)/C=C/c2ccc(OCCCOC(=O)/C=C/c3ccc(OCCCCCCOC(=O)C(C)C)c(OC)c3)c(OC)c2)CC1. The number of methoxy groups -OCH3 is 2. The molecule has 1 fully saturated rings. The van der Waals surface area contributed by atoms with Gasteiger partial charge in [-0.15, -0.1) is 0 Å². The first-order chi connectivity index (χ1) is 25.2. The van der Waals surface area contributed by atoms with Gasteiger partial charge in [-0.2, -0.15) is 0 Å². The number of hydrogen-bond acceptors (Lipinski definition) is 10. The number of carbonyl (C=O) groups is 3. The van der Waals surface area contributed by atoms with E-state index in [0.29, 0.717) is 61.8 Å². The molecule has 1 saturated carbocycles. The number of rotatable bonds is 23. The van der Waals surface area contributed by atoms with Crippen molar-refractivity contribution >= 4 is 30.1 Å². The molecule has 0 N–H and O–H groups in total. The summed E-state index contributed by atoms with van der Waals surface area (Å²) in [5.41, 5.74) is 1.56. The molecule has 0 heterocycles. The Balaban J connectivity index is 1.31. The molecule has 0 radical (unpaired) electrons. The van der Waals surface area contributed by atoms with Crippen molar-refractivity contribution in [3.8, 4) is 23.0 Å². The lowest BCUT2D eigenvalue weighted by molar-refractivity contribution is -0.147. The molecule has 0 unspecified atom stereocenters. The van der Waals surface area contributed by atoms with Crippen molar-refractivity contribution in [2.75, 3.05) is 47.3 Å². The number of benzene rings is 2. The van der Waals surface area contributed by atoms with E-state index in [1.807, 2.05) is 32.0 Å². The Kier molecular flexibility index (Phi) is 19.3. The lowest BCUT2D eigenvalue weighted by Gasteiger charge is -2.27. The van der Waals surface area contributed by atoms with Crippen LogP contribution in [0.1, 0.15) is 96.1 Å². The lowest BCUT2D eigenvalue weighted by Crippen LogP contribution is -2.19. The quantitative estimate of drug-likeness (QED) is 0.0478. The normalized spacial score (nSPS) is 15.8. The average molecular weight is 723 g/mol. The van der Waals surface area contributed by atoms with Crippen LogP contribution in [0.2, 0.25) is 0 Å². The second-order valence-electron chi connectivity index (χ2n) is 13.4. The van der Waals surface area contributed by atoms with E-state index in [4.69, 9.17) is 33.2 Å². The molecule has 0 aromatic heterocycles. The maximum Gasteiger partial charge on any atom is 0.330 e. The van der Waals surface area contributed by atoms with Crippen molar-refractivity contribution < 1.29 is 47.5 Å². The number of ether oxygens (including phenoxy) is 7. The molecule has 0 atom stereocenters. The van der Waals surface area contributed by atoms with Crippen molar-refractivity contribution in [1.82, 2.24) is 0 Å². The smallest absolute Gasteiger partial charge is 0.330 e. The fraction of sp³-hybridized carbons (Fsp3) is 0.548. The van der Waals surface area contributed by atoms with Crippen molar-refractivity contribution in [1.29, 1.82) is 0 Å². The van der Waals surface area contributed by atoms with Gasteiger partial charge in [-0.1, -0.05) is 52.2 Å². The van der Waals surface area contributed by atoms with Crippen molar-refractivity contribution in [3.05, 3.63) is 59.7 Å². The molecule has 0 saturated heterocycles. The van der Waals surface area contributed by atoms with E-state index in [1.54, 1.807) is 44.6 Å². The van der Waals surface area contributed by atoms with Crippen LogP contribution in [-0.2, 0) is 28.6 Å². The largest absolute Gasteiger partial charge is 0.493 e. The summed E-state index contributed by atoms with van der Waals surface area (Å²) < 4.78 is 38.7. The third-order valence-corrected chi connectivity index (χ3v) is 9.01. The van der Waals surface area contributed by atoms with Crippen LogP contribution < -0.4 is 18.9 Å². The minimum Gasteiger partial charge on any atom is -0.493 e.